The van der Waals surface area contributed by atoms with Crippen LogP contribution in [0.2, 0.25) is 0 Å². The molecule has 2 N–H and O–H groups in total. The van der Waals surface area contributed by atoms with Crippen molar-refractivity contribution >= 4 is 29.7 Å². The molecule has 0 aliphatic carbocycles. The van der Waals surface area contributed by atoms with Gasteiger partial charge in [-0.2, -0.15) is 5.10 Å². The van der Waals surface area contributed by atoms with E-state index in [-0.39, 0.29) is 24.7 Å². The fraction of sp³-hybridized carbons (Fsp3) is 0.273. The van der Waals surface area contributed by atoms with Gasteiger partial charge in [0.15, 0.2) is 11.5 Å². The standard InChI is InChI=1S/C22H25N3O5/c1-14-5-7-18(11-15(14)2)24-21(27)9-10-22(28)25-23-13-17-6-8-19(30-16(3)26)20(12-17)29-4/h5-8,11-13H,9-10H2,1-4H3,(H,24,27)(H,25,28)/b23-13+. The second-order valence-electron chi connectivity index (χ2n) is 6.64. The second-order valence-corrected chi connectivity index (χ2v) is 6.64. The van der Waals surface area contributed by atoms with Crippen molar-refractivity contribution in [2.24, 2.45) is 5.10 Å². The van der Waals surface area contributed by atoms with Gasteiger partial charge in [-0.1, -0.05) is 6.07 Å². The molecule has 2 aromatic carbocycles. The first-order valence-electron chi connectivity index (χ1n) is 9.34. The van der Waals surface area contributed by atoms with Gasteiger partial charge in [0.25, 0.3) is 0 Å². The highest BCUT2D eigenvalue weighted by Crippen LogP contribution is 2.27. The van der Waals surface area contributed by atoms with Crippen LogP contribution in [0.4, 0.5) is 5.69 Å². The number of nitrogens with zero attached hydrogens (tertiary/aromatic N) is 1. The summed E-state index contributed by atoms with van der Waals surface area (Å²) in [5, 5.41) is 6.64. The molecular formula is C22H25N3O5. The summed E-state index contributed by atoms with van der Waals surface area (Å²) in [6.45, 7) is 5.26. The fourth-order valence-electron chi connectivity index (χ4n) is 2.51. The summed E-state index contributed by atoms with van der Waals surface area (Å²) < 4.78 is 10.2. The Morgan fingerprint density at radius 1 is 0.967 bits per heavy atom. The number of methoxy groups -OCH3 is 1. The smallest absolute Gasteiger partial charge is 0.308 e. The molecule has 0 saturated heterocycles. The lowest BCUT2D eigenvalue weighted by molar-refractivity contribution is -0.132. The molecule has 30 heavy (non-hydrogen) atoms. The molecule has 0 aliphatic rings. The Bertz CT molecular complexity index is 969. The molecular weight excluding hydrogens is 386 g/mol. The van der Waals surface area contributed by atoms with Gasteiger partial charge < -0.3 is 14.8 Å². The molecule has 0 aliphatic heterocycles. The first-order chi connectivity index (χ1) is 14.3. The molecule has 8 heteroatoms. The number of esters is 1. The third-order valence-electron chi connectivity index (χ3n) is 4.21. The van der Waals surface area contributed by atoms with Gasteiger partial charge in [-0.05, 0) is 60.9 Å². The lowest BCUT2D eigenvalue weighted by Gasteiger charge is -2.08. The summed E-state index contributed by atoms with van der Waals surface area (Å²) in [6.07, 6.45) is 1.47. The van der Waals surface area contributed by atoms with E-state index in [0.717, 1.165) is 11.1 Å². The van der Waals surface area contributed by atoms with E-state index >= 15 is 0 Å². The van der Waals surface area contributed by atoms with E-state index in [1.54, 1.807) is 18.2 Å². The maximum atomic E-state index is 12.0. The largest absolute Gasteiger partial charge is 0.493 e. The lowest BCUT2D eigenvalue weighted by Crippen LogP contribution is -2.20. The van der Waals surface area contributed by atoms with Gasteiger partial charge in [0.1, 0.15) is 0 Å². The van der Waals surface area contributed by atoms with E-state index in [2.05, 4.69) is 15.8 Å². The fourth-order valence-corrected chi connectivity index (χ4v) is 2.51. The third kappa shape index (κ3) is 7.05. The number of hydrazone groups is 1. The normalized spacial score (nSPS) is 10.5. The van der Waals surface area contributed by atoms with E-state index in [1.165, 1.54) is 20.2 Å². The number of anilines is 1. The van der Waals surface area contributed by atoms with Crippen LogP contribution in [-0.2, 0) is 14.4 Å². The molecule has 0 saturated carbocycles. The molecule has 0 radical (unpaired) electrons. The minimum absolute atomic E-state index is 0.00271. The van der Waals surface area contributed by atoms with Crippen molar-refractivity contribution in [1.29, 1.82) is 0 Å². The molecule has 0 unspecified atom stereocenters. The van der Waals surface area contributed by atoms with Crippen LogP contribution in [0.15, 0.2) is 41.5 Å². The summed E-state index contributed by atoms with van der Waals surface area (Å²) in [5.41, 5.74) is 5.94. The molecule has 0 heterocycles. The Morgan fingerprint density at radius 2 is 1.70 bits per heavy atom. The number of carbonyl (C=O) groups is 3. The van der Waals surface area contributed by atoms with Crippen LogP contribution in [0.1, 0.15) is 36.5 Å². The zero-order valence-electron chi connectivity index (χ0n) is 17.4. The number of benzene rings is 2. The molecule has 2 rings (SSSR count). The van der Waals surface area contributed by atoms with Gasteiger partial charge in [0, 0.05) is 25.5 Å². The van der Waals surface area contributed by atoms with Crippen LogP contribution in [-0.4, -0.2) is 31.1 Å². The maximum absolute atomic E-state index is 12.0. The highest BCUT2D eigenvalue weighted by atomic mass is 16.6. The van der Waals surface area contributed by atoms with Crippen molar-refractivity contribution in [1.82, 2.24) is 5.43 Å². The quantitative estimate of drug-likeness (QED) is 0.300. The van der Waals surface area contributed by atoms with Crippen molar-refractivity contribution in [3.63, 3.8) is 0 Å². The summed E-state index contributed by atoms with van der Waals surface area (Å²) in [7, 11) is 1.45. The molecule has 0 aromatic heterocycles. The van der Waals surface area contributed by atoms with Crippen molar-refractivity contribution in [2.45, 2.75) is 33.6 Å². The van der Waals surface area contributed by atoms with Crippen molar-refractivity contribution in [3.05, 3.63) is 53.1 Å². The van der Waals surface area contributed by atoms with E-state index in [9.17, 15) is 14.4 Å². The van der Waals surface area contributed by atoms with Crippen LogP contribution in [0.5, 0.6) is 11.5 Å². The van der Waals surface area contributed by atoms with E-state index in [1.807, 2.05) is 32.0 Å². The average molecular weight is 411 g/mol. The van der Waals surface area contributed by atoms with Gasteiger partial charge in [0.2, 0.25) is 11.8 Å². The Balaban J connectivity index is 1.82. The van der Waals surface area contributed by atoms with Crippen molar-refractivity contribution < 1.29 is 23.9 Å². The molecule has 8 nitrogen and oxygen atoms in total. The summed E-state index contributed by atoms with van der Waals surface area (Å²) in [6, 6.07) is 10.5. The molecule has 0 atom stereocenters. The second kappa shape index (κ2) is 10.8. The summed E-state index contributed by atoms with van der Waals surface area (Å²) in [5.74, 6) is -0.429. The first kappa shape index (κ1) is 22.6. The number of nitrogens with one attached hydrogen (secondary N) is 2. The van der Waals surface area contributed by atoms with Gasteiger partial charge in [0.05, 0.1) is 13.3 Å². The van der Waals surface area contributed by atoms with Crippen molar-refractivity contribution in [3.8, 4) is 11.5 Å². The number of carbonyl (C=O) groups excluding carboxylic acids is 3. The van der Waals surface area contributed by atoms with Crippen LogP contribution in [0.3, 0.4) is 0 Å². The van der Waals surface area contributed by atoms with E-state index < -0.39 is 5.97 Å². The van der Waals surface area contributed by atoms with Gasteiger partial charge in [-0.25, -0.2) is 5.43 Å². The molecule has 0 fully saturated rings. The van der Waals surface area contributed by atoms with Gasteiger partial charge in [-0.15, -0.1) is 0 Å². The average Bonchev–Trinajstić information content (AvgIpc) is 2.70. The molecule has 2 aromatic rings. The van der Waals surface area contributed by atoms with Crippen LogP contribution < -0.4 is 20.2 Å². The number of hydrogen-bond acceptors (Lipinski definition) is 6. The topological polar surface area (TPSA) is 106 Å². The minimum Gasteiger partial charge on any atom is -0.493 e. The predicted octanol–water partition coefficient (Wildman–Crippen LogP) is 3.11. The molecule has 0 bridgehead atoms. The Morgan fingerprint density at radius 3 is 2.37 bits per heavy atom. The van der Waals surface area contributed by atoms with Crippen molar-refractivity contribution in [2.75, 3.05) is 12.4 Å². The number of hydrogen-bond donors (Lipinski definition) is 2. The van der Waals surface area contributed by atoms with Crippen LogP contribution in [0.25, 0.3) is 0 Å². The molecule has 0 spiro atoms. The maximum Gasteiger partial charge on any atom is 0.308 e. The van der Waals surface area contributed by atoms with Gasteiger partial charge >= 0.3 is 5.97 Å². The number of amides is 2. The highest BCUT2D eigenvalue weighted by Gasteiger charge is 2.09. The zero-order valence-corrected chi connectivity index (χ0v) is 17.4. The minimum atomic E-state index is -0.455. The SMILES string of the molecule is COc1cc(/C=N/NC(=O)CCC(=O)Nc2ccc(C)c(C)c2)ccc1OC(C)=O. The number of rotatable bonds is 8. The molecule has 2 amide bonds. The lowest BCUT2D eigenvalue weighted by atomic mass is 10.1. The highest BCUT2D eigenvalue weighted by molar-refractivity contribution is 5.93. The zero-order chi connectivity index (χ0) is 22.1. The monoisotopic (exact) mass is 411 g/mol. The Kier molecular flexibility index (Phi) is 8.10. The number of ether oxygens (including phenoxy) is 2. The summed E-state index contributed by atoms with van der Waals surface area (Å²) >= 11 is 0. The Labute approximate surface area is 175 Å². The van der Waals surface area contributed by atoms with Crippen LogP contribution >= 0.6 is 0 Å². The summed E-state index contributed by atoms with van der Waals surface area (Å²) in [4.78, 5) is 35.0. The molecule has 158 valence electrons. The number of aryl methyl sites for hydroxylation is 2. The predicted molar refractivity (Wildman–Crippen MR) is 114 cm³/mol. The third-order valence-corrected chi connectivity index (χ3v) is 4.21. The first-order valence-corrected chi connectivity index (χ1v) is 9.34. The van der Waals surface area contributed by atoms with E-state index in [4.69, 9.17) is 9.47 Å². The van der Waals surface area contributed by atoms with E-state index in [0.29, 0.717) is 22.7 Å². The Hall–Kier alpha value is -3.68. The van der Waals surface area contributed by atoms with Gasteiger partial charge in [-0.3, -0.25) is 14.4 Å². The van der Waals surface area contributed by atoms with Crippen LogP contribution in [0, 0.1) is 13.8 Å².